The molecule has 0 aliphatic heterocycles. The Labute approximate surface area is 239 Å². The first-order valence-electron chi connectivity index (χ1n) is 15.1. The van der Waals surface area contributed by atoms with E-state index in [1.54, 1.807) is 7.11 Å². The van der Waals surface area contributed by atoms with Crippen LogP contribution in [0.4, 0.5) is 0 Å². The van der Waals surface area contributed by atoms with Crippen LogP contribution in [-0.4, -0.2) is 38.4 Å². The fraction of sp³-hybridized carbons (Fsp3) is 0.765. The SMILES string of the molecule is COCC[C@]1(C)C(=O)C(C#N)=C[C@]2(C)C3=CC(=O)[C@H]4C5CC(C)(C)CC[C@]5(C(=O)OC)CC[C@@]4(C)[C@]3(C)CCC21. The Morgan fingerprint density at radius 3 is 2.33 bits per heavy atom. The third-order valence-corrected chi connectivity index (χ3v) is 13.1. The molecule has 0 heterocycles. The average molecular weight is 550 g/mol. The quantitative estimate of drug-likeness (QED) is 0.377. The Kier molecular flexibility index (Phi) is 6.67. The van der Waals surface area contributed by atoms with Gasteiger partial charge in [-0.15, -0.1) is 0 Å². The average Bonchev–Trinajstić information content (AvgIpc) is 2.90. The number of esters is 1. The van der Waals surface area contributed by atoms with E-state index < -0.39 is 16.2 Å². The van der Waals surface area contributed by atoms with Gasteiger partial charge in [-0.1, -0.05) is 53.2 Å². The maximum atomic E-state index is 14.5. The first kappa shape index (κ1) is 29.2. The van der Waals surface area contributed by atoms with Crippen LogP contribution < -0.4 is 0 Å². The summed E-state index contributed by atoms with van der Waals surface area (Å²) in [6.07, 6.45) is 10.1. The minimum atomic E-state index is -0.743. The molecule has 5 aliphatic rings. The fourth-order valence-corrected chi connectivity index (χ4v) is 10.6. The molecular formula is C34H47NO5. The van der Waals surface area contributed by atoms with E-state index >= 15 is 0 Å². The number of hydrogen-bond acceptors (Lipinski definition) is 6. The third kappa shape index (κ3) is 3.58. The molecule has 0 amide bonds. The highest BCUT2D eigenvalue weighted by molar-refractivity contribution is 6.05. The topological polar surface area (TPSA) is 93.5 Å². The molecule has 0 aromatic carbocycles. The Morgan fingerprint density at radius 2 is 1.70 bits per heavy atom. The molecule has 0 bridgehead atoms. The van der Waals surface area contributed by atoms with Crippen LogP contribution in [-0.2, 0) is 23.9 Å². The zero-order valence-corrected chi connectivity index (χ0v) is 25.7. The molecule has 0 N–H and O–H groups in total. The summed E-state index contributed by atoms with van der Waals surface area (Å²) in [4.78, 5) is 41.6. The van der Waals surface area contributed by atoms with Crippen molar-refractivity contribution in [2.24, 2.45) is 50.2 Å². The van der Waals surface area contributed by atoms with E-state index in [2.05, 4.69) is 40.7 Å². The van der Waals surface area contributed by atoms with Crippen molar-refractivity contribution < 1.29 is 23.9 Å². The number of fused-ring (bicyclic) bond motifs is 7. The lowest BCUT2D eigenvalue weighted by Crippen LogP contribution is -2.66. The Hall–Kier alpha value is -2.26. The molecule has 5 aliphatic carbocycles. The highest BCUT2D eigenvalue weighted by Crippen LogP contribution is 2.74. The Balaban J connectivity index is 1.68. The van der Waals surface area contributed by atoms with Gasteiger partial charge in [-0.3, -0.25) is 14.4 Å². The molecule has 0 aromatic rings. The lowest BCUT2D eigenvalue weighted by atomic mass is 9.34. The van der Waals surface area contributed by atoms with Gasteiger partial charge in [0.25, 0.3) is 0 Å². The van der Waals surface area contributed by atoms with Gasteiger partial charge in [0, 0.05) is 30.5 Å². The predicted molar refractivity (Wildman–Crippen MR) is 152 cm³/mol. The Morgan fingerprint density at radius 1 is 1.02 bits per heavy atom. The van der Waals surface area contributed by atoms with Gasteiger partial charge in [-0.05, 0) is 85.5 Å². The highest BCUT2D eigenvalue weighted by atomic mass is 16.5. The van der Waals surface area contributed by atoms with Gasteiger partial charge < -0.3 is 9.47 Å². The van der Waals surface area contributed by atoms with E-state index in [1.165, 1.54) is 7.11 Å². The molecule has 5 rings (SSSR count). The maximum Gasteiger partial charge on any atom is 0.312 e. The molecule has 3 saturated carbocycles. The normalized spacial score (nSPS) is 45.5. The Bertz CT molecular complexity index is 1260. The summed E-state index contributed by atoms with van der Waals surface area (Å²) in [5, 5.41) is 10.1. The van der Waals surface area contributed by atoms with Crippen LogP contribution in [0.2, 0.25) is 0 Å². The van der Waals surface area contributed by atoms with Crippen LogP contribution in [0.15, 0.2) is 23.3 Å². The fourth-order valence-electron chi connectivity index (χ4n) is 10.6. The van der Waals surface area contributed by atoms with Crippen molar-refractivity contribution in [2.75, 3.05) is 20.8 Å². The number of rotatable bonds is 4. The van der Waals surface area contributed by atoms with Crippen molar-refractivity contribution in [1.29, 1.82) is 5.26 Å². The molecule has 8 atom stereocenters. The highest BCUT2D eigenvalue weighted by Gasteiger charge is 2.71. The largest absolute Gasteiger partial charge is 0.469 e. The van der Waals surface area contributed by atoms with Crippen LogP contribution >= 0.6 is 0 Å². The number of nitriles is 1. The van der Waals surface area contributed by atoms with Gasteiger partial charge in [0.2, 0.25) is 0 Å². The number of carbonyl (C=O) groups is 3. The van der Waals surface area contributed by atoms with Crippen molar-refractivity contribution in [3.8, 4) is 6.07 Å². The molecule has 0 saturated heterocycles. The van der Waals surface area contributed by atoms with E-state index in [4.69, 9.17) is 9.47 Å². The summed E-state index contributed by atoms with van der Waals surface area (Å²) >= 11 is 0. The first-order valence-corrected chi connectivity index (χ1v) is 15.1. The van der Waals surface area contributed by atoms with Crippen molar-refractivity contribution in [3.63, 3.8) is 0 Å². The van der Waals surface area contributed by atoms with Gasteiger partial charge in [-0.25, -0.2) is 0 Å². The number of nitrogens with zero attached hydrogens (tertiary/aromatic N) is 1. The summed E-state index contributed by atoms with van der Waals surface area (Å²) in [5.41, 5.74) is -1.28. The maximum absolute atomic E-state index is 14.5. The molecule has 218 valence electrons. The van der Waals surface area contributed by atoms with Gasteiger partial charge >= 0.3 is 5.97 Å². The lowest BCUT2D eigenvalue weighted by Gasteiger charge is -2.69. The first-order chi connectivity index (χ1) is 18.6. The third-order valence-electron chi connectivity index (χ3n) is 13.1. The zero-order valence-electron chi connectivity index (χ0n) is 25.7. The molecule has 0 radical (unpaired) electrons. The second kappa shape index (κ2) is 9.12. The van der Waals surface area contributed by atoms with Crippen LogP contribution in [0.25, 0.3) is 0 Å². The van der Waals surface area contributed by atoms with Crippen molar-refractivity contribution in [2.45, 2.75) is 92.9 Å². The minimum absolute atomic E-state index is 0.0293. The van der Waals surface area contributed by atoms with E-state index in [-0.39, 0.29) is 57.1 Å². The molecule has 0 aromatic heterocycles. The van der Waals surface area contributed by atoms with E-state index in [0.29, 0.717) is 13.0 Å². The van der Waals surface area contributed by atoms with Gasteiger partial charge in [0.1, 0.15) is 6.07 Å². The number of methoxy groups -OCH3 is 2. The molecule has 6 nitrogen and oxygen atoms in total. The van der Waals surface area contributed by atoms with Crippen molar-refractivity contribution in [3.05, 3.63) is 23.3 Å². The second-order valence-corrected chi connectivity index (χ2v) is 15.3. The van der Waals surface area contributed by atoms with Crippen molar-refractivity contribution >= 4 is 17.5 Å². The summed E-state index contributed by atoms with van der Waals surface area (Å²) in [5.74, 6) is -0.512. The van der Waals surface area contributed by atoms with E-state index in [9.17, 15) is 19.6 Å². The standard InChI is InChI=1S/C34H47NO5/c1-29(2)11-13-34(28(38)40-8)14-12-33(6)26(22(34)19-29)23(36)17-25-31(4)18-21(20-35)27(37)30(3,15-16-39-7)24(31)9-10-32(25,33)5/h17-18,22,24,26H,9-16,19H2,1-8H3/t22?,24?,26-,30+,31+,32-,33-,34+/m1/s1. The molecule has 6 heteroatoms. The predicted octanol–water partition coefficient (Wildman–Crippen LogP) is 6.40. The van der Waals surface area contributed by atoms with Gasteiger partial charge in [0.05, 0.1) is 18.1 Å². The van der Waals surface area contributed by atoms with Crippen LogP contribution in [0.5, 0.6) is 0 Å². The van der Waals surface area contributed by atoms with E-state index in [1.807, 2.05) is 19.1 Å². The second-order valence-electron chi connectivity index (χ2n) is 15.3. The molecule has 3 fully saturated rings. The number of allylic oxidation sites excluding steroid dienone is 4. The van der Waals surface area contributed by atoms with Gasteiger partial charge in [0.15, 0.2) is 11.6 Å². The number of ether oxygens (including phenoxy) is 2. The zero-order chi connectivity index (χ0) is 29.5. The minimum Gasteiger partial charge on any atom is -0.469 e. The lowest BCUT2D eigenvalue weighted by molar-refractivity contribution is -0.191. The van der Waals surface area contributed by atoms with Crippen LogP contribution in [0.3, 0.4) is 0 Å². The molecular weight excluding hydrogens is 502 g/mol. The molecule has 2 unspecified atom stereocenters. The summed E-state index contributed by atoms with van der Waals surface area (Å²) in [7, 11) is 3.12. The van der Waals surface area contributed by atoms with Gasteiger partial charge in [-0.2, -0.15) is 5.26 Å². The van der Waals surface area contributed by atoms with E-state index in [0.717, 1.165) is 50.5 Å². The summed E-state index contributed by atoms with van der Waals surface area (Å²) in [6.45, 7) is 13.7. The summed E-state index contributed by atoms with van der Waals surface area (Å²) < 4.78 is 10.8. The number of hydrogen-bond donors (Lipinski definition) is 0. The summed E-state index contributed by atoms with van der Waals surface area (Å²) in [6, 6.07) is 2.21. The number of Topliss-reactive ketones (excluding diaryl/α,β-unsaturated/α-hetero) is 1. The number of carbonyl (C=O) groups excluding carboxylic acids is 3. The van der Waals surface area contributed by atoms with Crippen LogP contribution in [0.1, 0.15) is 92.9 Å². The molecule has 0 spiro atoms. The monoisotopic (exact) mass is 549 g/mol. The number of ketones is 2. The van der Waals surface area contributed by atoms with Crippen LogP contribution in [0, 0.1) is 61.6 Å². The smallest absolute Gasteiger partial charge is 0.312 e. The molecule has 40 heavy (non-hydrogen) atoms. The van der Waals surface area contributed by atoms with Crippen molar-refractivity contribution in [1.82, 2.24) is 0 Å².